The number of hydrogen-bond acceptors (Lipinski definition) is 4. The molecule has 0 heterocycles. The van der Waals surface area contributed by atoms with E-state index in [1.54, 1.807) is 31.2 Å². The Bertz CT molecular complexity index is 415. The second-order valence-electron chi connectivity index (χ2n) is 3.75. The topological polar surface area (TPSA) is 72.6 Å². The third-order valence-electron chi connectivity index (χ3n) is 2.45. The first-order chi connectivity index (χ1) is 8.58. The van der Waals surface area contributed by atoms with Crippen molar-refractivity contribution in [3.05, 3.63) is 29.8 Å². The average molecular weight is 250 g/mol. The van der Waals surface area contributed by atoms with Crippen LogP contribution in [0.15, 0.2) is 24.3 Å². The number of carbonyl (C=O) groups excluding carboxylic acids is 2. The van der Waals surface area contributed by atoms with Gasteiger partial charge in [-0.2, -0.15) is 0 Å². The molecule has 0 unspecified atom stereocenters. The number of carbonyl (C=O) groups is 2. The summed E-state index contributed by atoms with van der Waals surface area (Å²) < 4.78 is 4.83. The van der Waals surface area contributed by atoms with Gasteiger partial charge in [-0.05, 0) is 38.1 Å². The van der Waals surface area contributed by atoms with Crippen molar-refractivity contribution >= 4 is 17.6 Å². The van der Waals surface area contributed by atoms with Crippen LogP contribution in [-0.2, 0) is 9.53 Å². The molecule has 1 rings (SSSR count). The molecule has 0 saturated carbocycles. The monoisotopic (exact) mass is 250 g/mol. The zero-order valence-corrected chi connectivity index (χ0v) is 10.7. The second-order valence-corrected chi connectivity index (χ2v) is 3.75. The van der Waals surface area contributed by atoms with Crippen LogP contribution in [0, 0.1) is 0 Å². The lowest BCUT2D eigenvalue weighted by molar-refractivity contribution is -0.143. The van der Waals surface area contributed by atoms with Crippen LogP contribution in [0.2, 0.25) is 0 Å². The zero-order chi connectivity index (χ0) is 13.5. The Morgan fingerprint density at radius 3 is 2.33 bits per heavy atom. The Balaban J connectivity index is 2.73. The molecule has 0 aliphatic carbocycles. The van der Waals surface area contributed by atoms with E-state index >= 15 is 0 Å². The molecule has 1 amide bonds. The van der Waals surface area contributed by atoms with Gasteiger partial charge in [0.25, 0.3) is 5.91 Å². The standard InChI is InChI=1S/C13H18N2O3/c1-3-15(9-12(16)18-4-2)13(17)10-5-7-11(14)8-6-10/h5-8H,3-4,9,14H2,1-2H3. The van der Waals surface area contributed by atoms with Gasteiger partial charge in [-0.1, -0.05) is 0 Å². The molecule has 5 heteroatoms. The molecule has 0 aliphatic heterocycles. The number of benzene rings is 1. The van der Waals surface area contributed by atoms with Crippen molar-refractivity contribution in [1.29, 1.82) is 0 Å². The minimum Gasteiger partial charge on any atom is -0.465 e. The number of nitrogens with zero attached hydrogens (tertiary/aromatic N) is 1. The maximum Gasteiger partial charge on any atom is 0.325 e. The average Bonchev–Trinajstić information content (AvgIpc) is 2.36. The smallest absolute Gasteiger partial charge is 0.325 e. The van der Waals surface area contributed by atoms with Gasteiger partial charge in [0.1, 0.15) is 6.54 Å². The number of nitrogen functional groups attached to an aromatic ring is 1. The molecular formula is C13H18N2O3. The van der Waals surface area contributed by atoms with Crippen LogP contribution in [0.1, 0.15) is 24.2 Å². The molecule has 2 N–H and O–H groups in total. The highest BCUT2D eigenvalue weighted by Gasteiger charge is 2.17. The zero-order valence-electron chi connectivity index (χ0n) is 10.7. The summed E-state index contributed by atoms with van der Waals surface area (Å²) in [5.74, 6) is -0.603. The Hall–Kier alpha value is -2.04. The van der Waals surface area contributed by atoms with Crippen molar-refractivity contribution in [3.8, 4) is 0 Å². The van der Waals surface area contributed by atoms with Crippen LogP contribution in [0.25, 0.3) is 0 Å². The van der Waals surface area contributed by atoms with E-state index in [0.717, 1.165) is 0 Å². The van der Waals surface area contributed by atoms with Crippen molar-refractivity contribution < 1.29 is 14.3 Å². The quantitative estimate of drug-likeness (QED) is 0.631. The summed E-state index contributed by atoms with van der Waals surface area (Å²) in [5.41, 5.74) is 6.66. The summed E-state index contributed by atoms with van der Waals surface area (Å²) >= 11 is 0. The molecule has 18 heavy (non-hydrogen) atoms. The number of ether oxygens (including phenoxy) is 1. The number of likely N-dealkylation sites (N-methyl/N-ethyl adjacent to an activating group) is 1. The van der Waals surface area contributed by atoms with Gasteiger partial charge < -0.3 is 15.4 Å². The Morgan fingerprint density at radius 2 is 1.83 bits per heavy atom. The molecule has 0 aliphatic rings. The summed E-state index contributed by atoms with van der Waals surface area (Å²) in [7, 11) is 0. The van der Waals surface area contributed by atoms with Crippen molar-refractivity contribution in [3.63, 3.8) is 0 Å². The van der Waals surface area contributed by atoms with Crippen LogP contribution < -0.4 is 5.73 Å². The lowest BCUT2D eigenvalue weighted by Gasteiger charge is -2.19. The summed E-state index contributed by atoms with van der Waals surface area (Å²) in [6, 6.07) is 6.60. The van der Waals surface area contributed by atoms with E-state index in [2.05, 4.69) is 0 Å². The van der Waals surface area contributed by atoms with Crippen LogP contribution in [0.5, 0.6) is 0 Å². The summed E-state index contributed by atoms with van der Waals surface area (Å²) in [6.07, 6.45) is 0. The predicted molar refractivity (Wildman–Crippen MR) is 69.1 cm³/mol. The number of amides is 1. The van der Waals surface area contributed by atoms with E-state index in [-0.39, 0.29) is 12.5 Å². The van der Waals surface area contributed by atoms with Crippen LogP contribution >= 0.6 is 0 Å². The van der Waals surface area contributed by atoms with Gasteiger partial charge in [-0.15, -0.1) is 0 Å². The van der Waals surface area contributed by atoms with Crippen LogP contribution in [0.4, 0.5) is 5.69 Å². The largest absolute Gasteiger partial charge is 0.465 e. The number of hydrogen-bond donors (Lipinski definition) is 1. The summed E-state index contributed by atoms with van der Waals surface area (Å²) in [4.78, 5) is 24.9. The first-order valence-electron chi connectivity index (χ1n) is 5.88. The molecule has 0 atom stereocenters. The fourth-order valence-electron chi connectivity index (χ4n) is 1.50. The molecule has 0 radical (unpaired) electrons. The maximum atomic E-state index is 12.1. The Kier molecular flexibility index (Phi) is 5.17. The maximum absolute atomic E-state index is 12.1. The van der Waals surface area contributed by atoms with Gasteiger partial charge in [0.05, 0.1) is 6.61 Å². The van der Waals surface area contributed by atoms with Crippen molar-refractivity contribution in [2.45, 2.75) is 13.8 Å². The van der Waals surface area contributed by atoms with Crippen molar-refractivity contribution in [1.82, 2.24) is 4.90 Å². The molecular weight excluding hydrogens is 232 g/mol. The van der Waals surface area contributed by atoms with Gasteiger partial charge in [-0.25, -0.2) is 0 Å². The predicted octanol–water partition coefficient (Wildman–Crippen LogP) is 1.29. The lowest BCUT2D eigenvalue weighted by atomic mass is 10.2. The molecule has 5 nitrogen and oxygen atoms in total. The first kappa shape index (κ1) is 14.0. The number of anilines is 1. The Labute approximate surface area is 107 Å². The van der Waals surface area contributed by atoms with Crippen molar-refractivity contribution in [2.24, 2.45) is 0 Å². The van der Waals surface area contributed by atoms with E-state index in [9.17, 15) is 9.59 Å². The van der Waals surface area contributed by atoms with Gasteiger partial charge >= 0.3 is 5.97 Å². The van der Waals surface area contributed by atoms with Gasteiger partial charge in [0.2, 0.25) is 0 Å². The normalized spacial score (nSPS) is 9.89. The molecule has 98 valence electrons. The third-order valence-corrected chi connectivity index (χ3v) is 2.45. The second kappa shape index (κ2) is 6.64. The molecule has 1 aromatic rings. The Morgan fingerprint density at radius 1 is 1.22 bits per heavy atom. The molecule has 0 fully saturated rings. The van der Waals surface area contributed by atoms with Crippen LogP contribution in [-0.4, -0.2) is 36.5 Å². The summed E-state index contributed by atoms with van der Waals surface area (Å²) in [6.45, 7) is 4.27. The molecule has 0 bridgehead atoms. The highest BCUT2D eigenvalue weighted by Crippen LogP contribution is 2.08. The van der Waals surface area contributed by atoms with Gasteiger partial charge in [-0.3, -0.25) is 9.59 Å². The SMILES string of the molecule is CCOC(=O)CN(CC)C(=O)c1ccc(N)cc1. The molecule has 1 aromatic carbocycles. The number of esters is 1. The minimum absolute atomic E-state index is 0.0342. The van der Waals surface area contributed by atoms with E-state index in [4.69, 9.17) is 10.5 Å². The number of rotatable bonds is 5. The van der Waals surface area contributed by atoms with E-state index in [1.807, 2.05) is 6.92 Å². The molecule has 0 spiro atoms. The summed E-state index contributed by atoms with van der Waals surface area (Å²) in [5, 5.41) is 0. The lowest BCUT2D eigenvalue weighted by Crippen LogP contribution is -2.36. The highest BCUT2D eigenvalue weighted by atomic mass is 16.5. The van der Waals surface area contributed by atoms with E-state index in [1.165, 1.54) is 4.90 Å². The first-order valence-corrected chi connectivity index (χ1v) is 5.88. The van der Waals surface area contributed by atoms with Gasteiger partial charge in [0, 0.05) is 17.8 Å². The highest BCUT2D eigenvalue weighted by molar-refractivity contribution is 5.96. The third kappa shape index (κ3) is 3.76. The fraction of sp³-hybridized carbons (Fsp3) is 0.385. The fourth-order valence-corrected chi connectivity index (χ4v) is 1.50. The van der Waals surface area contributed by atoms with E-state index in [0.29, 0.717) is 24.4 Å². The minimum atomic E-state index is -0.400. The molecule has 0 saturated heterocycles. The van der Waals surface area contributed by atoms with E-state index < -0.39 is 5.97 Å². The van der Waals surface area contributed by atoms with Gasteiger partial charge in [0.15, 0.2) is 0 Å². The number of nitrogens with two attached hydrogens (primary N) is 1. The molecule has 0 aromatic heterocycles. The van der Waals surface area contributed by atoms with Crippen LogP contribution in [0.3, 0.4) is 0 Å². The van der Waals surface area contributed by atoms with Crippen molar-refractivity contribution in [2.75, 3.05) is 25.4 Å².